The third kappa shape index (κ3) is 5.12. The van der Waals surface area contributed by atoms with Gasteiger partial charge in [0.05, 0.1) is 11.8 Å². The number of nitrogen functional groups attached to an aromatic ring is 1. The zero-order valence-electron chi connectivity index (χ0n) is 11.3. The van der Waals surface area contributed by atoms with Crippen molar-refractivity contribution in [3.05, 3.63) is 23.8 Å². The predicted molar refractivity (Wildman–Crippen MR) is 74.4 cm³/mol. The molecule has 1 aromatic carbocycles. The van der Waals surface area contributed by atoms with Gasteiger partial charge in [0, 0.05) is 0 Å². The maximum Gasteiger partial charge on any atom is 0.142 e. The van der Waals surface area contributed by atoms with Gasteiger partial charge in [0.1, 0.15) is 5.75 Å². The van der Waals surface area contributed by atoms with Crippen LogP contribution in [-0.4, -0.2) is 6.10 Å². The number of anilines is 1. The van der Waals surface area contributed by atoms with E-state index in [0.29, 0.717) is 0 Å². The number of aryl methyl sites for hydroxylation is 1. The summed E-state index contributed by atoms with van der Waals surface area (Å²) in [6, 6.07) is 5.93. The van der Waals surface area contributed by atoms with Crippen LogP contribution < -0.4 is 10.5 Å². The van der Waals surface area contributed by atoms with Gasteiger partial charge >= 0.3 is 0 Å². The van der Waals surface area contributed by atoms with E-state index in [1.807, 2.05) is 18.2 Å². The predicted octanol–water partition coefficient (Wildman–Crippen LogP) is 4.31. The molecule has 0 radical (unpaired) electrons. The van der Waals surface area contributed by atoms with E-state index in [1.54, 1.807) is 0 Å². The second-order valence-corrected chi connectivity index (χ2v) is 4.82. The molecule has 1 rings (SSSR count). The molecule has 1 aromatic rings. The minimum Gasteiger partial charge on any atom is -0.489 e. The summed E-state index contributed by atoms with van der Waals surface area (Å²) in [5.41, 5.74) is 7.81. The third-order valence-electron chi connectivity index (χ3n) is 2.96. The lowest BCUT2D eigenvalue weighted by Gasteiger charge is -2.16. The van der Waals surface area contributed by atoms with Crippen molar-refractivity contribution >= 4 is 5.69 Å². The molecule has 0 aliphatic heterocycles. The zero-order chi connectivity index (χ0) is 12.7. The Balaban J connectivity index is 2.39. The molecular formula is C15H25NO. The maximum absolute atomic E-state index is 5.89. The highest BCUT2D eigenvalue weighted by Gasteiger charge is 2.06. The van der Waals surface area contributed by atoms with Crippen LogP contribution in [0.5, 0.6) is 5.75 Å². The fraction of sp³-hybridized carbons (Fsp3) is 0.600. The first-order chi connectivity index (χ1) is 8.13. The lowest BCUT2D eigenvalue weighted by Crippen LogP contribution is -2.12. The summed E-state index contributed by atoms with van der Waals surface area (Å²) >= 11 is 0. The molecule has 0 bridgehead atoms. The van der Waals surface area contributed by atoms with E-state index < -0.39 is 0 Å². The molecule has 96 valence electrons. The average Bonchev–Trinajstić information content (AvgIpc) is 2.29. The number of benzene rings is 1. The summed E-state index contributed by atoms with van der Waals surface area (Å²) in [5.74, 6) is 0.827. The summed E-state index contributed by atoms with van der Waals surface area (Å²) in [7, 11) is 0. The molecule has 0 aromatic heterocycles. The van der Waals surface area contributed by atoms with Gasteiger partial charge < -0.3 is 10.5 Å². The van der Waals surface area contributed by atoms with Crippen molar-refractivity contribution in [3.63, 3.8) is 0 Å². The number of unbranched alkanes of at least 4 members (excludes halogenated alkanes) is 3. The van der Waals surface area contributed by atoms with Gasteiger partial charge in [0.25, 0.3) is 0 Å². The highest BCUT2D eigenvalue weighted by Crippen LogP contribution is 2.24. The Morgan fingerprint density at radius 1 is 1.24 bits per heavy atom. The van der Waals surface area contributed by atoms with E-state index in [2.05, 4.69) is 20.8 Å². The standard InChI is InChI=1S/C15H25NO/c1-4-5-6-7-8-13(3)17-15-11-12(2)9-10-14(15)16/h9-11,13H,4-8,16H2,1-3H3. The summed E-state index contributed by atoms with van der Waals surface area (Å²) in [6.45, 7) is 6.40. The highest BCUT2D eigenvalue weighted by atomic mass is 16.5. The van der Waals surface area contributed by atoms with Gasteiger partial charge in [0.2, 0.25) is 0 Å². The molecule has 0 amide bonds. The van der Waals surface area contributed by atoms with Crippen molar-refractivity contribution in [3.8, 4) is 5.75 Å². The van der Waals surface area contributed by atoms with Gasteiger partial charge in [-0.3, -0.25) is 0 Å². The molecule has 17 heavy (non-hydrogen) atoms. The normalized spacial score (nSPS) is 12.4. The second-order valence-electron chi connectivity index (χ2n) is 4.82. The summed E-state index contributed by atoms with van der Waals surface area (Å²) < 4.78 is 5.88. The number of rotatable bonds is 7. The molecule has 2 nitrogen and oxygen atoms in total. The summed E-state index contributed by atoms with van der Waals surface area (Å²) in [6.07, 6.45) is 6.48. The Bertz CT molecular complexity index is 336. The first-order valence-corrected chi connectivity index (χ1v) is 6.66. The Morgan fingerprint density at radius 3 is 2.71 bits per heavy atom. The van der Waals surface area contributed by atoms with Crippen molar-refractivity contribution in [1.82, 2.24) is 0 Å². The number of hydrogen-bond acceptors (Lipinski definition) is 2. The monoisotopic (exact) mass is 235 g/mol. The van der Waals surface area contributed by atoms with Gasteiger partial charge in [-0.2, -0.15) is 0 Å². The van der Waals surface area contributed by atoms with Crippen LogP contribution in [0.2, 0.25) is 0 Å². The van der Waals surface area contributed by atoms with Crippen molar-refractivity contribution in [1.29, 1.82) is 0 Å². The summed E-state index contributed by atoms with van der Waals surface area (Å²) in [4.78, 5) is 0. The van der Waals surface area contributed by atoms with Crippen molar-refractivity contribution in [2.75, 3.05) is 5.73 Å². The smallest absolute Gasteiger partial charge is 0.142 e. The fourth-order valence-electron chi connectivity index (χ4n) is 1.88. The van der Waals surface area contributed by atoms with Crippen LogP contribution in [0.4, 0.5) is 5.69 Å². The minimum atomic E-state index is 0.246. The SMILES string of the molecule is CCCCCCC(C)Oc1cc(C)ccc1N. The first-order valence-electron chi connectivity index (χ1n) is 6.66. The number of ether oxygens (including phenoxy) is 1. The maximum atomic E-state index is 5.89. The number of nitrogens with two attached hydrogens (primary N) is 1. The molecule has 0 fully saturated rings. The minimum absolute atomic E-state index is 0.246. The highest BCUT2D eigenvalue weighted by molar-refractivity contribution is 5.53. The van der Waals surface area contributed by atoms with Gasteiger partial charge in [-0.1, -0.05) is 32.3 Å². The molecule has 0 saturated heterocycles. The van der Waals surface area contributed by atoms with Crippen molar-refractivity contribution in [2.45, 2.75) is 59.0 Å². The first kappa shape index (κ1) is 13.9. The van der Waals surface area contributed by atoms with Gasteiger partial charge in [-0.25, -0.2) is 0 Å². The molecule has 0 aliphatic rings. The van der Waals surface area contributed by atoms with Crippen LogP contribution in [0, 0.1) is 6.92 Å². The van der Waals surface area contributed by atoms with E-state index in [-0.39, 0.29) is 6.10 Å². The van der Waals surface area contributed by atoms with Crippen LogP contribution in [0.3, 0.4) is 0 Å². The molecule has 0 aliphatic carbocycles. The molecule has 0 spiro atoms. The number of hydrogen-bond donors (Lipinski definition) is 1. The topological polar surface area (TPSA) is 35.2 Å². The Hall–Kier alpha value is -1.18. The zero-order valence-corrected chi connectivity index (χ0v) is 11.3. The Morgan fingerprint density at radius 2 is 2.00 bits per heavy atom. The van der Waals surface area contributed by atoms with E-state index in [9.17, 15) is 0 Å². The van der Waals surface area contributed by atoms with Crippen LogP contribution >= 0.6 is 0 Å². The van der Waals surface area contributed by atoms with Crippen LogP contribution in [-0.2, 0) is 0 Å². The van der Waals surface area contributed by atoms with E-state index >= 15 is 0 Å². The molecule has 0 saturated carbocycles. The van der Waals surface area contributed by atoms with Crippen LogP contribution in [0.25, 0.3) is 0 Å². The lowest BCUT2D eigenvalue weighted by atomic mass is 10.1. The molecule has 1 unspecified atom stereocenters. The summed E-state index contributed by atoms with van der Waals surface area (Å²) in [5, 5.41) is 0. The van der Waals surface area contributed by atoms with Crippen molar-refractivity contribution < 1.29 is 4.74 Å². The molecule has 2 heteroatoms. The Kier molecular flexibility index (Phi) is 5.88. The molecule has 0 heterocycles. The van der Waals surface area contributed by atoms with Crippen molar-refractivity contribution in [2.24, 2.45) is 0 Å². The molecular weight excluding hydrogens is 210 g/mol. The van der Waals surface area contributed by atoms with Gasteiger partial charge in [-0.15, -0.1) is 0 Å². The quantitative estimate of drug-likeness (QED) is 0.564. The third-order valence-corrected chi connectivity index (χ3v) is 2.96. The fourth-order valence-corrected chi connectivity index (χ4v) is 1.88. The second kappa shape index (κ2) is 7.21. The van der Waals surface area contributed by atoms with Crippen LogP contribution in [0.1, 0.15) is 51.5 Å². The lowest BCUT2D eigenvalue weighted by molar-refractivity contribution is 0.207. The molecule has 1 atom stereocenters. The Labute approximate surface area is 105 Å². The average molecular weight is 235 g/mol. The van der Waals surface area contributed by atoms with E-state index in [0.717, 1.165) is 17.9 Å². The van der Waals surface area contributed by atoms with E-state index in [1.165, 1.54) is 31.2 Å². The largest absolute Gasteiger partial charge is 0.489 e. The van der Waals surface area contributed by atoms with Crippen LogP contribution in [0.15, 0.2) is 18.2 Å². The molecule has 2 N–H and O–H groups in total. The van der Waals surface area contributed by atoms with Gasteiger partial charge in [0.15, 0.2) is 0 Å². The van der Waals surface area contributed by atoms with E-state index in [4.69, 9.17) is 10.5 Å². The van der Waals surface area contributed by atoms with Gasteiger partial charge in [-0.05, 0) is 44.4 Å².